The zero-order valence-electron chi connectivity index (χ0n) is 37.6. The molecule has 1 spiro atoms. The zero-order valence-corrected chi connectivity index (χ0v) is 37.6. The first-order chi connectivity index (χ1) is 29.7. The number of carbonyl (C=O) groups excluding carboxylic acids is 6. The Balaban J connectivity index is 1.50. The largest absolute Gasteiger partial charge is 0.465 e. The average Bonchev–Trinajstić information content (AvgIpc) is 3.20. The Hall–Kier alpha value is -5.71. The number of benzene rings is 2. The van der Waals surface area contributed by atoms with Gasteiger partial charge in [0.2, 0.25) is 29.5 Å². The van der Waals surface area contributed by atoms with Gasteiger partial charge in [-0.25, -0.2) is 9.59 Å². The highest BCUT2D eigenvalue weighted by Gasteiger charge is 2.48. The van der Waals surface area contributed by atoms with Crippen LogP contribution in [0, 0.1) is 11.3 Å². The van der Waals surface area contributed by atoms with Gasteiger partial charge in [-0.15, -0.1) is 0 Å². The van der Waals surface area contributed by atoms with E-state index in [-0.39, 0.29) is 48.8 Å². The Bertz CT molecular complexity index is 1860. The third-order valence-electron chi connectivity index (χ3n) is 11.2. The third-order valence-corrected chi connectivity index (χ3v) is 11.2. The van der Waals surface area contributed by atoms with E-state index in [9.17, 15) is 38.7 Å². The fourth-order valence-corrected chi connectivity index (χ4v) is 7.97. The van der Waals surface area contributed by atoms with Crippen LogP contribution in [0.5, 0.6) is 0 Å². The van der Waals surface area contributed by atoms with E-state index in [0.29, 0.717) is 51.1 Å². The molecular formula is C46H68N8O9. The molecule has 17 heteroatoms. The highest BCUT2D eigenvalue weighted by molar-refractivity contribution is 5.95. The number of hydrogen-bond donors (Lipinski definition) is 7. The summed E-state index contributed by atoms with van der Waals surface area (Å²) in [6, 6.07) is 12.8. The lowest BCUT2D eigenvalue weighted by Crippen LogP contribution is -2.66. The maximum Gasteiger partial charge on any atom is 0.407 e. The minimum Gasteiger partial charge on any atom is -0.465 e. The van der Waals surface area contributed by atoms with Gasteiger partial charge in [0, 0.05) is 51.0 Å². The smallest absolute Gasteiger partial charge is 0.407 e. The lowest BCUT2D eigenvalue weighted by atomic mass is 9.71. The van der Waals surface area contributed by atoms with E-state index >= 15 is 0 Å². The van der Waals surface area contributed by atoms with E-state index in [4.69, 9.17) is 10.5 Å². The molecule has 7 amide bonds. The Labute approximate surface area is 371 Å². The van der Waals surface area contributed by atoms with Gasteiger partial charge in [0.05, 0.1) is 6.04 Å². The molecule has 2 aromatic rings. The molecule has 4 rings (SSSR count). The van der Waals surface area contributed by atoms with Crippen LogP contribution in [0.3, 0.4) is 0 Å². The summed E-state index contributed by atoms with van der Waals surface area (Å²) in [6.07, 6.45) is 1.03. The number of hydrogen-bond acceptors (Lipinski definition) is 9. The summed E-state index contributed by atoms with van der Waals surface area (Å²) < 4.78 is 5.33. The van der Waals surface area contributed by atoms with Crippen LogP contribution in [-0.4, -0.2) is 125 Å². The molecule has 2 saturated heterocycles. The SMILES string of the molecule is CC(C)C[C@@H](NC(=O)[C@@H](Cc1ccccc1)NC(=O)[C@@H](Cc1ccccc1)NC(=O)O)C(=O)N[C@H](CCCCNC(=O)OC(C)(C)C)C(=O)N1CC2(CCN(C(=O)[C@@H](C)N)CC2)C1. The molecule has 2 aliphatic rings. The molecule has 0 bridgehead atoms. The van der Waals surface area contributed by atoms with Crippen LogP contribution < -0.4 is 32.3 Å². The number of amides is 7. The van der Waals surface area contributed by atoms with Crippen LogP contribution >= 0.6 is 0 Å². The predicted molar refractivity (Wildman–Crippen MR) is 237 cm³/mol. The van der Waals surface area contributed by atoms with Crippen LogP contribution in [0.25, 0.3) is 0 Å². The zero-order chi connectivity index (χ0) is 46.3. The van der Waals surface area contributed by atoms with Gasteiger partial charge in [0.15, 0.2) is 0 Å². The monoisotopic (exact) mass is 877 g/mol. The number of likely N-dealkylation sites (tertiary alicyclic amines) is 2. The second-order valence-corrected chi connectivity index (χ2v) is 18.4. The van der Waals surface area contributed by atoms with Gasteiger partial charge in [-0.3, -0.25) is 24.0 Å². The van der Waals surface area contributed by atoms with Crippen LogP contribution in [0.1, 0.15) is 91.2 Å². The van der Waals surface area contributed by atoms with E-state index in [1.165, 1.54) is 0 Å². The van der Waals surface area contributed by atoms with Crippen molar-refractivity contribution in [1.29, 1.82) is 0 Å². The molecule has 0 aliphatic carbocycles. The molecule has 5 atom stereocenters. The number of carboxylic acid groups (broad SMARTS) is 1. The topological polar surface area (TPSA) is 242 Å². The molecule has 2 fully saturated rings. The summed E-state index contributed by atoms with van der Waals surface area (Å²) in [5.41, 5.74) is 6.47. The highest BCUT2D eigenvalue weighted by atomic mass is 16.6. The number of unbranched alkanes of at least 4 members (excludes halogenated alkanes) is 1. The first-order valence-electron chi connectivity index (χ1n) is 22.0. The van der Waals surface area contributed by atoms with Gasteiger partial charge in [-0.05, 0) is 83.3 Å². The molecule has 2 aliphatic heterocycles. The first-order valence-corrected chi connectivity index (χ1v) is 22.0. The minimum atomic E-state index is -1.40. The van der Waals surface area contributed by atoms with Crippen LogP contribution in [0.4, 0.5) is 9.59 Å². The summed E-state index contributed by atoms with van der Waals surface area (Å²) in [6.45, 7) is 13.1. The number of rotatable bonds is 20. The van der Waals surface area contributed by atoms with Gasteiger partial charge in [-0.1, -0.05) is 74.5 Å². The van der Waals surface area contributed by atoms with Crippen LogP contribution in [-0.2, 0) is 41.6 Å². The van der Waals surface area contributed by atoms with Crippen molar-refractivity contribution in [3.8, 4) is 0 Å². The molecule has 63 heavy (non-hydrogen) atoms. The summed E-state index contributed by atoms with van der Waals surface area (Å²) in [5, 5.41) is 23.1. The van der Waals surface area contributed by atoms with E-state index in [1.54, 1.807) is 92.1 Å². The van der Waals surface area contributed by atoms with Crippen molar-refractivity contribution in [2.45, 2.75) is 129 Å². The second-order valence-electron chi connectivity index (χ2n) is 18.4. The number of nitrogens with one attached hydrogen (secondary N) is 5. The lowest BCUT2D eigenvalue weighted by molar-refractivity contribution is -0.153. The average molecular weight is 877 g/mol. The van der Waals surface area contributed by atoms with Gasteiger partial charge >= 0.3 is 12.2 Å². The quantitative estimate of drug-likeness (QED) is 0.0960. The van der Waals surface area contributed by atoms with Crippen molar-refractivity contribution in [2.24, 2.45) is 17.1 Å². The summed E-state index contributed by atoms with van der Waals surface area (Å²) in [7, 11) is 0. The van der Waals surface area contributed by atoms with Gasteiger partial charge in [-0.2, -0.15) is 0 Å². The molecule has 0 radical (unpaired) electrons. The Kier molecular flexibility index (Phi) is 18.3. The van der Waals surface area contributed by atoms with Gasteiger partial charge in [0.1, 0.15) is 29.8 Å². The number of nitrogens with two attached hydrogens (primary N) is 1. The summed E-state index contributed by atoms with van der Waals surface area (Å²) >= 11 is 0. The highest BCUT2D eigenvalue weighted by Crippen LogP contribution is 2.41. The molecule has 346 valence electrons. The number of nitrogens with zero attached hydrogens (tertiary/aromatic N) is 2. The molecular weight excluding hydrogens is 809 g/mol. The van der Waals surface area contributed by atoms with E-state index in [2.05, 4.69) is 26.6 Å². The first kappa shape index (κ1) is 49.9. The van der Waals surface area contributed by atoms with Crippen LogP contribution in [0.2, 0.25) is 0 Å². The van der Waals surface area contributed by atoms with Crippen LogP contribution in [0.15, 0.2) is 60.7 Å². The number of alkyl carbamates (subject to hydrolysis) is 1. The Morgan fingerprint density at radius 1 is 0.698 bits per heavy atom. The molecule has 0 aromatic heterocycles. The van der Waals surface area contributed by atoms with Crippen molar-refractivity contribution in [3.63, 3.8) is 0 Å². The third kappa shape index (κ3) is 16.2. The molecule has 2 aromatic carbocycles. The number of ether oxygens (including phenoxy) is 1. The van der Waals surface area contributed by atoms with Crippen molar-refractivity contribution in [3.05, 3.63) is 71.8 Å². The standard InChI is InChI=1S/C46H68N8O9/c1-30(2)25-35(50-39(56)36(26-32-15-9-7-10-16-32)51-40(57)37(52-43(60)61)27-33-17-11-8-12-18-33)38(55)49-34(19-13-14-22-48-44(62)63-45(4,5)6)42(59)54-28-46(29-54)20-23-53(24-21-46)41(58)31(3)47/h7-12,15-18,30-31,34-37,52H,13-14,19-29,47H2,1-6H3,(H,48,62)(H,49,55)(H,50,56)(H,51,57)(H,60,61)/t31-,34-,35-,36-,37-/m1/s1. The van der Waals surface area contributed by atoms with Crippen molar-refractivity contribution >= 4 is 41.7 Å². The van der Waals surface area contributed by atoms with E-state index in [0.717, 1.165) is 18.4 Å². The van der Waals surface area contributed by atoms with Gasteiger partial charge < -0.3 is 52.0 Å². The molecule has 8 N–H and O–H groups in total. The summed E-state index contributed by atoms with van der Waals surface area (Å²) in [5.74, 6) is -2.37. The normalized spacial score (nSPS) is 17.0. The Morgan fingerprint density at radius 2 is 1.19 bits per heavy atom. The molecule has 2 heterocycles. The van der Waals surface area contributed by atoms with E-state index < -0.39 is 65.7 Å². The molecule has 0 saturated carbocycles. The summed E-state index contributed by atoms with van der Waals surface area (Å²) in [4.78, 5) is 96.4. The maximum atomic E-state index is 14.3. The van der Waals surface area contributed by atoms with E-state index in [1.807, 2.05) is 19.9 Å². The fourth-order valence-electron chi connectivity index (χ4n) is 7.97. The Morgan fingerprint density at radius 3 is 1.68 bits per heavy atom. The van der Waals surface area contributed by atoms with Crippen molar-refractivity contribution in [1.82, 2.24) is 36.4 Å². The number of carbonyl (C=O) groups is 7. The lowest BCUT2D eigenvalue weighted by Gasteiger charge is -2.54. The van der Waals surface area contributed by atoms with Gasteiger partial charge in [0.25, 0.3) is 0 Å². The minimum absolute atomic E-state index is 0.0351. The molecule has 0 unspecified atom stereocenters. The predicted octanol–water partition coefficient (Wildman–Crippen LogP) is 3.10. The van der Waals surface area contributed by atoms with Crippen molar-refractivity contribution < 1.29 is 43.4 Å². The second kappa shape index (κ2) is 23.1. The molecule has 17 nitrogen and oxygen atoms in total. The fraction of sp³-hybridized carbons (Fsp3) is 0.587. The number of piperidine rings is 1. The van der Waals surface area contributed by atoms with Crippen molar-refractivity contribution in [2.75, 3.05) is 32.7 Å². The maximum absolute atomic E-state index is 14.3.